The van der Waals surface area contributed by atoms with Gasteiger partial charge in [0.1, 0.15) is 5.75 Å². The summed E-state index contributed by atoms with van der Waals surface area (Å²) < 4.78 is 11.2. The van der Waals surface area contributed by atoms with Gasteiger partial charge in [0, 0.05) is 31.7 Å². The maximum absolute atomic E-state index is 12.5. The Balaban J connectivity index is 1.48. The van der Waals surface area contributed by atoms with Crippen LogP contribution in [0, 0.1) is 5.92 Å². The molecular formula is C22H32N2O3. The lowest BCUT2D eigenvalue weighted by Crippen LogP contribution is -2.46. The fourth-order valence-corrected chi connectivity index (χ4v) is 3.61. The van der Waals surface area contributed by atoms with Gasteiger partial charge in [0.05, 0.1) is 25.9 Å². The van der Waals surface area contributed by atoms with Gasteiger partial charge in [0.2, 0.25) is 5.91 Å². The predicted molar refractivity (Wildman–Crippen MR) is 108 cm³/mol. The molecule has 1 aromatic carbocycles. The SMILES string of the molecule is CC(C)Oc1ccccc1C=CC1CCN(C(=O)CN2CCOCC2)CC1. The summed E-state index contributed by atoms with van der Waals surface area (Å²) in [6.07, 6.45) is 6.68. The van der Waals surface area contributed by atoms with Gasteiger partial charge in [-0.2, -0.15) is 0 Å². The minimum Gasteiger partial charge on any atom is -0.490 e. The number of benzene rings is 1. The van der Waals surface area contributed by atoms with Crippen molar-refractivity contribution in [2.45, 2.75) is 32.8 Å². The van der Waals surface area contributed by atoms with Crippen LogP contribution in [0.5, 0.6) is 5.75 Å². The first-order valence-electron chi connectivity index (χ1n) is 10.1. The second kappa shape index (κ2) is 9.90. The highest BCUT2D eigenvalue weighted by molar-refractivity contribution is 5.78. The normalized spacial score (nSPS) is 19.7. The minimum absolute atomic E-state index is 0.167. The van der Waals surface area contributed by atoms with Gasteiger partial charge in [-0.15, -0.1) is 0 Å². The van der Waals surface area contributed by atoms with Crippen LogP contribution in [-0.4, -0.2) is 67.7 Å². The summed E-state index contributed by atoms with van der Waals surface area (Å²) >= 11 is 0. The van der Waals surface area contributed by atoms with Crippen LogP contribution < -0.4 is 4.74 Å². The van der Waals surface area contributed by atoms with Crippen molar-refractivity contribution in [1.29, 1.82) is 0 Å². The molecule has 0 bridgehead atoms. The van der Waals surface area contributed by atoms with E-state index >= 15 is 0 Å². The molecule has 3 rings (SSSR count). The zero-order valence-corrected chi connectivity index (χ0v) is 16.6. The average molecular weight is 373 g/mol. The van der Waals surface area contributed by atoms with E-state index in [0.717, 1.165) is 63.5 Å². The van der Waals surface area contributed by atoms with Crippen LogP contribution in [0.15, 0.2) is 30.3 Å². The number of allylic oxidation sites excluding steroid dienone is 1. The van der Waals surface area contributed by atoms with E-state index in [-0.39, 0.29) is 12.0 Å². The average Bonchev–Trinajstić information content (AvgIpc) is 2.68. The highest BCUT2D eigenvalue weighted by Crippen LogP contribution is 2.24. The van der Waals surface area contributed by atoms with E-state index in [4.69, 9.17) is 9.47 Å². The third kappa shape index (κ3) is 6.08. The van der Waals surface area contributed by atoms with Gasteiger partial charge < -0.3 is 14.4 Å². The molecule has 0 saturated carbocycles. The van der Waals surface area contributed by atoms with Gasteiger partial charge in [0.15, 0.2) is 0 Å². The smallest absolute Gasteiger partial charge is 0.236 e. The first kappa shape index (κ1) is 19.9. The van der Waals surface area contributed by atoms with Crippen molar-refractivity contribution < 1.29 is 14.3 Å². The Bertz CT molecular complexity index is 630. The van der Waals surface area contributed by atoms with Crippen LogP contribution in [0.1, 0.15) is 32.3 Å². The van der Waals surface area contributed by atoms with Gasteiger partial charge in [-0.3, -0.25) is 9.69 Å². The summed E-state index contributed by atoms with van der Waals surface area (Å²) in [4.78, 5) is 16.7. The molecular weight excluding hydrogens is 340 g/mol. The summed E-state index contributed by atoms with van der Waals surface area (Å²) in [6, 6.07) is 8.16. The van der Waals surface area contributed by atoms with Crippen LogP contribution in [-0.2, 0) is 9.53 Å². The summed E-state index contributed by atoms with van der Waals surface area (Å²) in [7, 11) is 0. The number of carbonyl (C=O) groups is 1. The van der Waals surface area contributed by atoms with Crippen LogP contribution in [0.4, 0.5) is 0 Å². The molecule has 27 heavy (non-hydrogen) atoms. The molecule has 0 unspecified atom stereocenters. The van der Waals surface area contributed by atoms with E-state index in [2.05, 4.69) is 23.1 Å². The Hall–Kier alpha value is -1.85. The van der Waals surface area contributed by atoms with E-state index in [1.165, 1.54) is 0 Å². The Morgan fingerprint density at radius 3 is 2.59 bits per heavy atom. The van der Waals surface area contributed by atoms with Gasteiger partial charge in [-0.25, -0.2) is 0 Å². The fourth-order valence-electron chi connectivity index (χ4n) is 3.61. The Kier molecular flexibility index (Phi) is 7.30. The number of morpholine rings is 1. The number of amides is 1. The fraction of sp³-hybridized carbons (Fsp3) is 0.591. The highest BCUT2D eigenvalue weighted by atomic mass is 16.5. The quantitative estimate of drug-likeness (QED) is 0.770. The Morgan fingerprint density at radius 1 is 1.19 bits per heavy atom. The van der Waals surface area contributed by atoms with Crippen molar-refractivity contribution in [1.82, 2.24) is 9.80 Å². The molecule has 1 amide bonds. The molecule has 0 N–H and O–H groups in total. The number of ether oxygens (including phenoxy) is 2. The predicted octanol–water partition coefficient (Wildman–Crippen LogP) is 3.06. The number of para-hydroxylation sites is 1. The lowest BCUT2D eigenvalue weighted by molar-refractivity contribution is -0.134. The lowest BCUT2D eigenvalue weighted by Gasteiger charge is -2.33. The van der Waals surface area contributed by atoms with Crippen LogP contribution in [0.25, 0.3) is 6.08 Å². The summed E-state index contributed by atoms with van der Waals surface area (Å²) in [5, 5.41) is 0. The third-order valence-corrected chi connectivity index (χ3v) is 5.18. The molecule has 0 radical (unpaired) electrons. The van der Waals surface area contributed by atoms with Crippen LogP contribution in [0.3, 0.4) is 0 Å². The topological polar surface area (TPSA) is 42.0 Å². The van der Waals surface area contributed by atoms with Crippen molar-refractivity contribution >= 4 is 12.0 Å². The van der Waals surface area contributed by atoms with Gasteiger partial charge in [0.25, 0.3) is 0 Å². The van der Waals surface area contributed by atoms with Crippen molar-refractivity contribution in [3.05, 3.63) is 35.9 Å². The number of nitrogens with zero attached hydrogens (tertiary/aromatic N) is 2. The molecule has 2 fully saturated rings. The second-order valence-corrected chi connectivity index (χ2v) is 7.67. The van der Waals surface area contributed by atoms with Crippen LogP contribution >= 0.6 is 0 Å². The molecule has 0 aromatic heterocycles. The first-order chi connectivity index (χ1) is 13.1. The van der Waals surface area contributed by atoms with Gasteiger partial charge in [-0.1, -0.05) is 30.4 Å². The van der Waals surface area contributed by atoms with Crippen molar-refractivity contribution in [3.8, 4) is 5.75 Å². The largest absolute Gasteiger partial charge is 0.490 e. The van der Waals surface area contributed by atoms with Crippen molar-refractivity contribution in [3.63, 3.8) is 0 Å². The molecule has 2 saturated heterocycles. The zero-order valence-electron chi connectivity index (χ0n) is 16.6. The molecule has 148 valence electrons. The molecule has 5 heteroatoms. The number of hydrogen-bond acceptors (Lipinski definition) is 4. The number of piperidine rings is 1. The van der Waals surface area contributed by atoms with E-state index < -0.39 is 0 Å². The Labute approximate surface area is 162 Å². The lowest BCUT2D eigenvalue weighted by atomic mass is 9.95. The minimum atomic E-state index is 0.167. The second-order valence-electron chi connectivity index (χ2n) is 7.67. The van der Waals surface area contributed by atoms with Crippen LogP contribution in [0.2, 0.25) is 0 Å². The summed E-state index contributed by atoms with van der Waals surface area (Å²) in [6.45, 7) is 9.53. The van der Waals surface area contributed by atoms with E-state index in [1.54, 1.807) is 0 Å². The molecule has 5 nitrogen and oxygen atoms in total. The summed E-state index contributed by atoms with van der Waals surface area (Å²) in [5.74, 6) is 1.71. The highest BCUT2D eigenvalue weighted by Gasteiger charge is 2.23. The molecule has 0 aliphatic carbocycles. The molecule has 0 atom stereocenters. The summed E-state index contributed by atoms with van der Waals surface area (Å²) in [5.41, 5.74) is 1.12. The molecule has 2 aliphatic heterocycles. The zero-order chi connectivity index (χ0) is 19.1. The monoisotopic (exact) mass is 372 g/mol. The Morgan fingerprint density at radius 2 is 1.89 bits per heavy atom. The molecule has 2 aliphatic rings. The molecule has 1 aromatic rings. The standard InChI is InChI=1S/C22H32N2O3/c1-18(2)27-21-6-4-3-5-20(21)8-7-19-9-11-24(12-10-19)22(25)17-23-13-15-26-16-14-23/h3-8,18-19H,9-17H2,1-2H3. The van der Waals surface area contributed by atoms with E-state index in [9.17, 15) is 4.79 Å². The number of likely N-dealkylation sites (tertiary alicyclic amines) is 1. The number of hydrogen-bond donors (Lipinski definition) is 0. The third-order valence-electron chi connectivity index (χ3n) is 5.18. The van der Waals surface area contributed by atoms with E-state index in [0.29, 0.717) is 12.5 Å². The van der Waals surface area contributed by atoms with Gasteiger partial charge >= 0.3 is 0 Å². The maximum atomic E-state index is 12.5. The van der Waals surface area contributed by atoms with Crippen molar-refractivity contribution in [2.24, 2.45) is 5.92 Å². The van der Waals surface area contributed by atoms with E-state index in [1.807, 2.05) is 36.9 Å². The van der Waals surface area contributed by atoms with Gasteiger partial charge in [-0.05, 0) is 38.7 Å². The number of rotatable bonds is 6. The first-order valence-corrected chi connectivity index (χ1v) is 10.1. The molecule has 0 spiro atoms. The number of carbonyl (C=O) groups excluding carboxylic acids is 1. The molecule has 2 heterocycles. The van der Waals surface area contributed by atoms with Crippen molar-refractivity contribution in [2.75, 3.05) is 45.9 Å². The maximum Gasteiger partial charge on any atom is 0.236 e.